The highest BCUT2D eigenvalue weighted by Gasteiger charge is 2.35. The molecule has 0 saturated carbocycles. The van der Waals surface area contributed by atoms with Gasteiger partial charge in [-0.15, -0.1) is 0 Å². The van der Waals surface area contributed by atoms with Gasteiger partial charge in [0, 0.05) is 61.9 Å². The molecule has 0 bridgehead atoms. The van der Waals surface area contributed by atoms with Crippen LogP contribution in [0.2, 0.25) is 0 Å². The van der Waals surface area contributed by atoms with Crippen molar-refractivity contribution in [3.05, 3.63) is 113 Å². The molecule has 0 saturated heterocycles. The van der Waals surface area contributed by atoms with Crippen LogP contribution in [0.1, 0.15) is 56.7 Å². The summed E-state index contributed by atoms with van der Waals surface area (Å²) in [5.74, 6) is 2.16. The van der Waals surface area contributed by atoms with E-state index in [4.69, 9.17) is 34.7 Å². The van der Waals surface area contributed by atoms with Crippen molar-refractivity contribution in [1.82, 2.24) is 9.80 Å². The number of hydrogen-bond acceptors (Lipinski definition) is 9. The predicted octanol–water partition coefficient (Wildman–Crippen LogP) is 7.39. The monoisotopic (exact) mass is 709 g/mol. The summed E-state index contributed by atoms with van der Waals surface area (Å²) in [5.41, 5.74) is 13.7. The van der Waals surface area contributed by atoms with Gasteiger partial charge >= 0.3 is 0 Å². The SMILES string of the molecule is COc1ccc(C2=CN3C(=O)c4cc(C)c(OCCCOc5cc6c(cc5OC)C(=O)N5C=C(c7ccc(N)cc7)C[C@H]5C=N6)cc4N=C[C@@H]3C2)cc1. The first-order valence-electron chi connectivity index (χ1n) is 17.6. The molecule has 4 aliphatic heterocycles. The number of aryl methyl sites for hydroxylation is 1. The molecule has 4 aromatic rings. The second-order valence-electron chi connectivity index (χ2n) is 13.4. The van der Waals surface area contributed by atoms with Crippen LogP contribution >= 0.6 is 0 Å². The van der Waals surface area contributed by atoms with Gasteiger partial charge in [0.1, 0.15) is 11.5 Å². The number of aliphatic imine (C=N–C) groups is 2. The number of nitrogens with two attached hydrogens (primary N) is 1. The van der Waals surface area contributed by atoms with Gasteiger partial charge < -0.3 is 34.5 Å². The Kier molecular flexibility index (Phi) is 8.91. The van der Waals surface area contributed by atoms with E-state index in [1.807, 2.05) is 92.4 Å². The number of ether oxygens (including phenoxy) is 4. The van der Waals surface area contributed by atoms with Crippen LogP contribution in [0.15, 0.2) is 95.2 Å². The van der Waals surface area contributed by atoms with Gasteiger partial charge in [-0.1, -0.05) is 24.3 Å². The van der Waals surface area contributed by atoms with E-state index in [9.17, 15) is 9.59 Å². The number of benzene rings is 4. The average Bonchev–Trinajstić information content (AvgIpc) is 3.76. The van der Waals surface area contributed by atoms with Gasteiger partial charge in [-0.3, -0.25) is 19.6 Å². The minimum atomic E-state index is -0.192. The fraction of sp³-hybridized carbons (Fsp3) is 0.238. The van der Waals surface area contributed by atoms with Crippen LogP contribution in [0.3, 0.4) is 0 Å². The van der Waals surface area contributed by atoms with E-state index in [-0.39, 0.29) is 23.9 Å². The number of hydrogen-bond donors (Lipinski definition) is 1. The van der Waals surface area contributed by atoms with Crippen LogP contribution in [-0.4, -0.2) is 73.6 Å². The molecule has 0 aromatic heterocycles. The number of anilines is 1. The smallest absolute Gasteiger partial charge is 0.260 e. The van der Waals surface area contributed by atoms with Crippen molar-refractivity contribution in [1.29, 1.82) is 0 Å². The number of fused-ring (bicyclic) bond motifs is 4. The first kappa shape index (κ1) is 33.8. The molecule has 2 amide bonds. The number of methoxy groups -OCH3 is 2. The molecular weight excluding hydrogens is 670 g/mol. The van der Waals surface area contributed by atoms with Gasteiger partial charge in [0.25, 0.3) is 11.8 Å². The van der Waals surface area contributed by atoms with Crippen molar-refractivity contribution >= 4 is 52.5 Å². The molecule has 0 aliphatic carbocycles. The Balaban J connectivity index is 0.896. The van der Waals surface area contributed by atoms with E-state index in [1.165, 1.54) is 0 Å². The number of rotatable bonds is 10. The number of amides is 2. The zero-order valence-electron chi connectivity index (χ0n) is 29.7. The highest BCUT2D eigenvalue weighted by molar-refractivity contribution is 6.06. The molecule has 0 fully saturated rings. The summed E-state index contributed by atoms with van der Waals surface area (Å²) >= 11 is 0. The van der Waals surface area contributed by atoms with Gasteiger partial charge in [-0.25, -0.2) is 0 Å². The molecule has 2 atom stereocenters. The maximum Gasteiger partial charge on any atom is 0.260 e. The lowest BCUT2D eigenvalue weighted by Gasteiger charge is -2.19. The van der Waals surface area contributed by atoms with Crippen molar-refractivity contribution in [2.24, 2.45) is 9.98 Å². The third kappa shape index (κ3) is 6.50. The minimum absolute atomic E-state index is 0.0884. The highest BCUT2D eigenvalue weighted by atomic mass is 16.5. The van der Waals surface area contributed by atoms with Gasteiger partial charge in [0.15, 0.2) is 11.5 Å². The lowest BCUT2D eigenvalue weighted by molar-refractivity contribution is 0.0809. The Morgan fingerprint density at radius 2 is 1.21 bits per heavy atom. The summed E-state index contributed by atoms with van der Waals surface area (Å²) in [6.45, 7) is 2.65. The van der Waals surface area contributed by atoms with Crippen LogP contribution in [0.5, 0.6) is 23.0 Å². The molecule has 0 spiro atoms. The summed E-state index contributed by atoms with van der Waals surface area (Å²) in [4.78, 5) is 40.3. The second-order valence-corrected chi connectivity index (χ2v) is 13.4. The molecule has 0 unspecified atom stereocenters. The van der Waals surface area contributed by atoms with Crippen molar-refractivity contribution in [2.45, 2.75) is 38.3 Å². The third-order valence-electron chi connectivity index (χ3n) is 9.99. The lowest BCUT2D eigenvalue weighted by atomic mass is 10.0. The summed E-state index contributed by atoms with van der Waals surface area (Å²) in [5, 5.41) is 0. The molecular formula is C42H39N5O6. The van der Waals surface area contributed by atoms with E-state index in [0.29, 0.717) is 77.9 Å². The Bertz CT molecular complexity index is 2220. The van der Waals surface area contributed by atoms with Gasteiger partial charge in [-0.05, 0) is 71.2 Å². The van der Waals surface area contributed by atoms with E-state index in [1.54, 1.807) is 36.2 Å². The summed E-state index contributed by atoms with van der Waals surface area (Å²) in [7, 11) is 3.19. The molecule has 53 heavy (non-hydrogen) atoms. The standard InChI is InChI=1S/C42H39N5O6/c1-25-15-34-36(44-21-31-17-29(24-46(31)41(34)48)27-7-11-33(50-2)12-8-27)19-38(25)52-13-4-14-53-40-20-37-35(18-39(40)51-3)42(49)47-23-28(16-32(47)22-45-37)26-5-9-30(43)10-6-26/h5-12,15,18-24,31-32H,4,13-14,16-17,43H2,1-3H3/t31-,32-/m0/s1. The minimum Gasteiger partial charge on any atom is -0.497 e. The number of carbonyl (C=O) groups is 2. The largest absolute Gasteiger partial charge is 0.497 e. The lowest BCUT2D eigenvalue weighted by Crippen LogP contribution is -2.32. The van der Waals surface area contributed by atoms with Crippen LogP contribution < -0.4 is 24.7 Å². The molecule has 11 nitrogen and oxygen atoms in total. The average molecular weight is 710 g/mol. The second kappa shape index (κ2) is 14.0. The van der Waals surface area contributed by atoms with E-state index in [0.717, 1.165) is 33.6 Å². The molecule has 4 aromatic carbocycles. The molecule has 4 heterocycles. The normalized spacial score (nSPS) is 18.3. The van der Waals surface area contributed by atoms with E-state index < -0.39 is 0 Å². The van der Waals surface area contributed by atoms with Crippen molar-refractivity contribution in [2.75, 3.05) is 33.2 Å². The molecule has 8 rings (SSSR count). The summed E-state index contributed by atoms with van der Waals surface area (Å²) in [6, 6.07) is 22.3. The maximum absolute atomic E-state index is 13.7. The first-order chi connectivity index (χ1) is 25.8. The summed E-state index contributed by atoms with van der Waals surface area (Å²) in [6.07, 6.45) is 9.39. The quantitative estimate of drug-likeness (QED) is 0.134. The zero-order valence-corrected chi connectivity index (χ0v) is 29.7. The fourth-order valence-electron chi connectivity index (χ4n) is 7.08. The molecule has 268 valence electrons. The molecule has 2 N–H and O–H groups in total. The Morgan fingerprint density at radius 1 is 0.679 bits per heavy atom. The predicted molar refractivity (Wildman–Crippen MR) is 205 cm³/mol. The van der Waals surface area contributed by atoms with E-state index >= 15 is 0 Å². The summed E-state index contributed by atoms with van der Waals surface area (Å²) < 4.78 is 23.2. The van der Waals surface area contributed by atoms with Crippen LogP contribution in [-0.2, 0) is 0 Å². The fourth-order valence-corrected chi connectivity index (χ4v) is 7.08. The number of nitrogen functional groups attached to an aromatic ring is 1. The van der Waals surface area contributed by atoms with Gasteiger partial charge in [-0.2, -0.15) is 0 Å². The van der Waals surface area contributed by atoms with Crippen LogP contribution in [0.25, 0.3) is 11.1 Å². The van der Waals surface area contributed by atoms with Crippen molar-refractivity contribution < 1.29 is 28.5 Å². The maximum atomic E-state index is 13.7. The molecule has 0 radical (unpaired) electrons. The molecule has 4 aliphatic rings. The first-order valence-corrected chi connectivity index (χ1v) is 17.6. The van der Waals surface area contributed by atoms with E-state index in [2.05, 4.69) is 0 Å². The van der Waals surface area contributed by atoms with Crippen molar-refractivity contribution in [3.8, 4) is 23.0 Å². The zero-order chi connectivity index (χ0) is 36.6. The van der Waals surface area contributed by atoms with Crippen LogP contribution in [0, 0.1) is 6.92 Å². The molecule has 11 heteroatoms. The van der Waals surface area contributed by atoms with Crippen LogP contribution in [0.4, 0.5) is 17.1 Å². The Labute approximate surface area is 307 Å². The van der Waals surface area contributed by atoms with Gasteiger partial charge in [0.2, 0.25) is 0 Å². The number of carbonyl (C=O) groups excluding carboxylic acids is 2. The Hall–Kier alpha value is -6.36. The number of nitrogens with zero attached hydrogens (tertiary/aromatic N) is 4. The third-order valence-corrected chi connectivity index (χ3v) is 9.99. The topological polar surface area (TPSA) is 128 Å². The van der Waals surface area contributed by atoms with Gasteiger partial charge in [0.05, 0.1) is 62.0 Å². The van der Waals surface area contributed by atoms with Crippen molar-refractivity contribution in [3.63, 3.8) is 0 Å². The highest BCUT2D eigenvalue weighted by Crippen LogP contribution is 2.41. The Morgan fingerprint density at radius 3 is 1.77 bits per heavy atom.